The monoisotopic (exact) mass is 263 g/mol. The van der Waals surface area contributed by atoms with E-state index in [1.165, 1.54) is 0 Å². The Hall–Kier alpha value is -0.320. The third-order valence-electron chi connectivity index (χ3n) is 1.55. The Labute approximate surface area is 79.9 Å². The summed E-state index contributed by atoms with van der Waals surface area (Å²) >= 11 is 2.31. The van der Waals surface area contributed by atoms with Crippen molar-refractivity contribution in [3.05, 3.63) is 23.8 Å². The fourth-order valence-electron chi connectivity index (χ4n) is 0.967. The van der Waals surface area contributed by atoms with Crippen LogP contribution >= 0.6 is 22.6 Å². The smallest absolute Gasteiger partial charge is 0.246 e. The van der Waals surface area contributed by atoms with Crippen LogP contribution in [0.5, 0.6) is 0 Å². The van der Waals surface area contributed by atoms with Crippen LogP contribution in [0.25, 0.3) is 0 Å². The highest BCUT2D eigenvalue weighted by Crippen LogP contribution is 2.18. The maximum atomic E-state index is 11.1. The normalized spacial score (nSPS) is 22.7. The Morgan fingerprint density at radius 3 is 3.09 bits per heavy atom. The zero-order valence-electron chi connectivity index (χ0n) is 6.30. The van der Waals surface area contributed by atoms with E-state index < -0.39 is 0 Å². The highest BCUT2D eigenvalue weighted by molar-refractivity contribution is 14.1. The molecule has 0 aliphatic heterocycles. The van der Waals surface area contributed by atoms with E-state index in [1.807, 2.05) is 12.2 Å². The molecule has 0 aromatic carbocycles. The molecular weight excluding hydrogens is 253 g/mol. The molecule has 0 aromatic heterocycles. The minimum Gasteiger partial charge on any atom is -0.355 e. The Kier molecular flexibility index (Phi) is 3.11. The number of allylic oxidation sites excluding steroid dienone is 3. The van der Waals surface area contributed by atoms with Gasteiger partial charge in [-0.15, -0.1) is 0 Å². The molecule has 11 heavy (non-hydrogen) atoms. The van der Waals surface area contributed by atoms with Gasteiger partial charge in [-0.2, -0.15) is 0 Å². The first-order valence-electron chi connectivity index (χ1n) is 3.47. The molecule has 0 radical (unpaired) electrons. The van der Waals surface area contributed by atoms with Crippen molar-refractivity contribution >= 4 is 28.5 Å². The third-order valence-corrected chi connectivity index (χ3v) is 2.41. The maximum Gasteiger partial charge on any atom is 0.246 e. The van der Waals surface area contributed by atoms with Crippen LogP contribution in [-0.2, 0) is 4.79 Å². The van der Waals surface area contributed by atoms with Crippen LogP contribution in [-0.4, -0.2) is 16.9 Å². The van der Waals surface area contributed by atoms with E-state index in [0.29, 0.717) is 3.92 Å². The Morgan fingerprint density at radius 2 is 2.55 bits per heavy atom. The molecule has 1 rings (SSSR count). The average molecular weight is 263 g/mol. The van der Waals surface area contributed by atoms with Gasteiger partial charge in [-0.1, -0.05) is 40.8 Å². The Bertz CT molecular complexity index is 220. The molecule has 1 amide bonds. The minimum absolute atomic E-state index is 0.0380. The number of hydrogen-bond donors (Lipinski definition) is 1. The summed E-state index contributed by atoms with van der Waals surface area (Å²) < 4.78 is 0.463. The molecule has 0 saturated carbocycles. The molecule has 1 aliphatic carbocycles. The number of rotatable bonds is 1. The second-order valence-electron chi connectivity index (χ2n) is 2.38. The van der Waals surface area contributed by atoms with Gasteiger partial charge in [0.15, 0.2) is 0 Å². The van der Waals surface area contributed by atoms with Crippen LogP contribution in [0, 0.1) is 0 Å². The van der Waals surface area contributed by atoms with Crippen molar-refractivity contribution in [1.29, 1.82) is 0 Å². The first-order valence-corrected chi connectivity index (χ1v) is 4.72. The predicted octanol–water partition coefficient (Wildman–Crippen LogP) is 1.42. The van der Waals surface area contributed by atoms with Gasteiger partial charge >= 0.3 is 0 Å². The first kappa shape index (κ1) is 8.77. The third kappa shape index (κ3) is 2.32. The quantitative estimate of drug-likeness (QED) is 0.562. The molecule has 60 valence electrons. The van der Waals surface area contributed by atoms with Crippen molar-refractivity contribution in [2.24, 2.45) is 0 Å². The van der Waals surface area contributed by atoms with Gasteiger partial charge in [0.05, 0.1) is 0 Å². The maximum absolute atomic E-state index is 11.1. The predicted molar refractivity (Wildman–Crippen MR) is 53.7 cm³/mol. The van der Waals surface area contributed by atoms with E-state index in [9.17, 15) is 4.79 Å². The van der Waals surface area contributed by atoms with Gasteiger partial charge in [0, 0.05) is 16.5 Å². The molecule has 1 N–H and O–H groups in total. The zero-order valence-corrected chi connectivity index (χ0v) is 8.46. The van der Waals surface area contributed by atoms with E-state index >= 15 is 0 Å². The number of hydrogen-bond acceptors (Lipinski definition) is 1. The van der Waals surface area contributed by atoms with E-state index in [2.05, 4.69) is 34.0 Å². The van der Waals surface area contributed by atoms with Crippen molar-refractivity contribution in [3.63, 3.8) is 0 Å². The van der Waals surface area contributed by atoms with E-state index in [-0.39, 0.29) is 5.91 Å². The van der Waals surface area contributed by atoms with Gasteiger partial charge in [0.25, 0.3) is 0 Å². The summed E-state index contributed by atoms with van der Waals surface area (Å²) in [7, 11) is 1.66. The standard InChI is InChI=1S/C8H10INO/c1-10-8(11)6-3-2-4-7(9)5-6/h2-4,7H,5H2,1H3,(H,10,11)/t7-/m1/s1. The fourth-order valence-corrected chi connectivity index (χ4v) is 1.68. The van der Waals surface area contributed by atoms with Crippen LogP contribution in [0.1, 0.15) is 6.42 Å². The number of alkyl halides is 1. The molecule has 2 nitrogen and oxygen atoms in total. The largest absolute Gasteiger partial charge is 0.355 e. The summed E-state index contributed by atoms with van der Waals surface area (Å²) in [5.41, 5.74) is 0.870. The van der Waals surface area contributed by atoms with Crippen molar-refractivity contribution in [2.75, 3.05) is 7.05 Å². The number of halogens is 1. The van der Waals surface area contributed by atoms with Gasteiger partial charge in [-0.05, 0) is 6.42 Å². The lowest BCUT2D eigenvalue weighted by Gasteiger charge is -2.11. The van der Waals surface area contributed by atoms with Crippen LogP contribution in [0.3, 0.4) is 0 Å². The number of carbonyl (C=O) groups excluding carboxylic acids is 1. The Morgan fingerprint density at radius 1 is 1.82 bits per heavy atom. The number of nitrogens with one attached hydrogen (secondary N) is 1. The van der Waals surface area contributed by atoms with E-state index in [4.69, 9.17) is 0 Å². The van der Waals surface area contributed by atoms with Crippen molar-refractivity contribution < 1.29 is 4.79 Å². The highest BCUT2D eigenvalue weighted by Gasteiger charge is 2.12. The summed E-state index contributed by atoms with van der Waals surface area (Å²) in [6.45, 7) is 0. The summed E-state index contributed by atoms with van der Waals surface area (Å²) in [6, 6.07) is 0. The second-order valence-corrected chi connectivity index (χ2v) is 3.98. The fraction of sp³-hybridized carbons (Fsp3) is 0.375. The molecule has 0 spiro atoms. The van der Waals surface area contributed by atoms with Crippen LogP contribution in [0.2, 0.25) is 0 Å². The van der Waals surface area contributed by atoms with Crippen LogP contribution in [0.4, 0.5) is 0 Å². The summed E-state index contributed by atoms with van der Waals surface area (Å²) in [4.78, 5) is 11.1. The Balaban J connectivity index is 2.66. The molecule has 0 aromatic rings. The van der Waals surface area contributed by atoms with Gasteiger partial charge in [-0.3, -0.25) is 4.79 Å². The molecule has 0 bridgehead atoms. The minimum atomic E-state index is 0.0380. The lowest BCUT2D eigenvalue weighted by Crippen LogP contribution is -2.22. The van der Waals surface area contributed by atoms with Crippen molar-refractivity contribution in [3.8, 4) is 0 Å². The van der Waals surface area contributed by atoms with Crippen molar-refractivity contribution in [2.45, 2.75) is 10.3 Å². The van der Waals surface area contributed by atoms with Crippen LogP contribution < -0.4 is 5.32 Å². The second kappa shape index (κ2) is 3.90. The lowest BCUT2D eigenvalue weighted by molar-refractivity contribution is -0.117. The molecule has 1 aliphatic rings. The number of amides is 1. The number of carbonyl (C=O) groups is 1. The summed E-state index contributed by atoms with van der Waals surface area (Å²) in [5.74, 6) is 0.0380. The molecular formula is C8H10INO. The van der Waals surface area contributed by atoms with Gasteiger partial charge in [0.2, 0.25) is 5.91 Å². The van der Waals surface area contributed by atoms with E-state index in [0.717, 1.165) is 12.0 Å². The van der Waals surface area contributed by atoms with Gasteiger partial charge in [-0.25, -0.2) is 0 Å². The molecule has 1 atom stereocenters. The molecule has 0 fully saturated rings. The highest BCUT2D eigenvalue weighted by atomic mass is 127. The first-order chi connectivity index (χ1) is 5.24. The zero-order chi connectivity index (χ0) is 8.27. The van der Waals surface area contributed by atoms with E-state index in [1.54, 1.807) is 7.05 Å². The lowest BCUT2D eigenvalue weighted by atomic mass is 10.0. The topological polar surface area (TPSA) is 29.1 Å². The summed E-state index contributed by atoms with van der Waals surface area (Å²) in [5, 5.41) is 2.61. The molecule has 3 heteroatoms. The number of likely N-dealkylation sites (N-methyl/N-ethyl adjacent to an activating group) is 1. The average Bonchev–Trinajstić information content (AvgIpc) is 2.03. The van der Waals surface area contributed by atoms with Crippen LogP contribution in [0.15, 0.2) is 23.8 Å². The molecule has 0 unspecified atom stereocenters. The van der Waals surface area contributed by atoms with Gasteiger partial charge < -0.3 is 5.32 Å². The van der Waals surface area contributed by atoms with Gasteiger partial charge in [0.1, 0.15) is 0 Å². The van der Waals surface area contributed by atoms with Crippen molar-refractivity contribution in [1.82, 2.24) is 5.32 Å². The SMILES string of the molecule is CNC(=O)C1=CC=C[C@@H](I)C1. The summed E-state index contributed by atoms with van der Waals surface area (Å²) in [6.07, 6.45) is 6.74. The molecule has 0 heterocycles. The molecule has 0 saturated heterocycles.